The van der Waals surface area contributed by atoms with Gasteiger partial charge in [-0.3, -0.25) is 4.79 Å². The summed E-state index contributed by atoms with van der Waals surface area (Å²) >= 11 is 3.28. The number of anilines is 1. The van der Waals surface area contributed by atoms with E-state index in [4.69, 9.17) is 5.73 Å². The maximum absolute atomic E-state index is 12.4. The Morgan fingerprint density at radius 1 is 1.37 bits per heavy atom. The first-order valence-electron chi connectivity index (χ1n) is 6.09. The summed E-state index contributed by atoms with van der Waals surface area (Å²) in [7, 11) is 0. The van der Waals surface area contributed by atoms with Crippen LogP contribution < -0.4 is 5.73 Å². The van der Waals surface area contributed by atoms with Gasteiger partial charge in [-0.15, -0.1) is 0 Å². The van der Waals surface area contributed by atoms with E-state index in [1.165, 1.54) is 4.90 Å². The molecule has 1 aromatic rings. The van der Waals surface area contributed by atoms with E-state index in [1.54, 1.807) is 18.2 Å². The van der Waals surface area contributed by atoms with Gasteiger partial charge < -0.3 is 15.7 Å². The number of piperidine rings is 1. The minimum atomic E-state index is -0.955. The largest absolute Gasteiger partial charge is 0.480 e. The van der Waals surface area contributed by atoms with E-state index in [0.29, 0.717) is 24.2 Å². The van der Waals surface area contributed by atoms with Crippen molar-refractivity contribution in [1.29, 1.82) is 0 Å². The molecule has 0 bridgehead atoms. The number of likely N-dealkylation sites (tertiary alicyclic amines) is 1. The fourth-order valence-electron chi connectivity index (χ4n) is 2.31. The van der Waals surface area contributed by atoms with Gasteiger partial charge in [-0.05, 0) is 37.5 Å². The minimum absolute atomic E-state index is 0.308. The van der Waals surface area contributed by atoms with E-state index in [-0.39, 0.29) is 5.91 Å². The lowest BCUT2D eigenvalue weighted by atomic mass is 10.0. The Hall–Kier alpha value is -1.56. The van der Waals surface area contributed by atoms with Crippen molar-refractivity contribution in [2.45, 2.75) is 25.3 Å². The molecule has 102 valence electrons. The first kappa shape index (κ1) is 13.9. The topological polar surface area (TPSA) is 83.6 Å². The molecule has 1 saturated heterocycles. The number of aliphatic carboxylic acids is 1. The second kappa shape index (κ2) is 5.61. The van der Waals surface area contributed by atoms with Crippen molar-refractivity contribution in [2.24, 2.45) is 0 Å². The molecule has 0 aromatic heterocycles. The lowest BCUT2D eigenvalue weighted by molar-refractivity contribution is -0.143. The number of hydrogen-bond donors (Lipinski definition) is 2. The van der Waals surface area contributed by atoms with Gasteiger partial charge in [0.2, 0.25) is 0 Å². The number of carbonyl (C=O) groups excluding carboxylic acids is 1. The molecule has 5 nitrogen and oxygen atoms in total. The van der Waals surface area contributed by atoms with Crippen LogP contribution in [-0.2, 0) is 4.79 Å². The highest BCUT2D eigenvalue weighted by Gasteiger charge is 2.33. The zero-order valence-electron chi connectivity index (χ0n) is 10.3. The highest BCUT2D eigenvalue weighted by atomic mass is 79.9. The van der Waals surface area contributed by atoms with Crippen molar-refractivity contribution in [1.82, 2.24) is 4.90 Å². The third-order valence-electron chi connectivity index (χ3n) is 3.29. The second-order valence-corrected chi connectivity index (χ2v) is 5.50. The van der Waals surface area contributed by atoms with E-state index in [9.17, 15) is 14.7 Å². The number of benzene rings is 1. The SMILES string of the molecule is Nc1cc(Br)ccc1C(=O)N1CCCC[C@H]1C(=O)O. The molecule has 1 aromatic carbocycles. The number of carboxylic acid groups (broad SMARTS) is 1. The van der Waals surface area contributed by atoms with E-state index in [1.807, 2.05) is 0 Å². The zero-order valence-corrected chi connectivity index (χ0v) is 11.9. The predicted octanol–water partition coefficient (Wildman–Crippen LogP) is 2.11. The molecule has 0 unspecified atom stereocenters. The van der Waals surface area contributed by atoms with Crippen molar-refractivity contribution >= 4 is 33.5 Å². The van der Waals surface area contributed by atoms with Gasteiger partial charge >= 0.3 is 5.97 Å². The molecule has 1 fully saturated rings. The minimum Gasteiger partial charge on any atom is -0.480 e. The second-order valence-electron chi connectivity index (χ2n) is 4.58. The number of carboxylic acids is 1. The van der Waals surface area contributed by atoms with Gasteiger partial charge in [0.15, 0.2) is 0 Å². The molecule has 1 atom stereocenters. The van der Waals surface area contributed by atoms with Crippen LogP contribution in [0.2, 0.25) is 0 Å². The Balaban J connectivity index is 2.28. The normalized spacial score (nSPS) is 19.2. The van der Waals surface area contributed by atoms with Gasteiger partial charge in [-0.2, -0.15) is 0 Å². The standard InChI is InChI=1S/C13H15BrN2O3/c14-8-4-5-9(10(15)7-8)12(17)16-6-2-1-3-11(16)13(18)19/h4-5,7,11H,1-3,6,15H2,(H,18,19)/t11-/m0/s1. The van der Waals surface area contributed by atoms with Crippen molar-refractivity contribution in [3.05, 3.63) is 28.2 Å². The maximum atomic E-state index is 12.4. The fourth-order valence-corrected chi connectivity index (χ4v) is 2.69. The quantitative estimate of drug-likeness (QED) is 0.815. The molecule has 1 aliphatic rings. The fraction of sp³-hybridized carbons (Fsp3) is 0.385. The molecule has 19 heavy (non-hydrogen) atoms. The average molecular weight is 327 g/mol. The Labute approximate surface area is 119 Å². The number of rotatable bonds is 2. The Morgan fingerprint density at radius 3 is 2.74 bits per heavy atom. The van der Waals surface area contributed by atoms with Gasteiger partial charge in [0.05, 0.1) is 5.56 Å². The summed E-state index contributed by atoms with van der Waals surface area (Å²) in [5, 5.41) is 9.19. The van der Waals surface area contributed by atoms with Crippen molar-refractivity contribution in [3.8, 4) is 0 Å². The van der Waals surface area contributed by atoms with Crippen molar-refractivity contribution in [2.75, 3.05) is 12.3 Å². The number of amides is 1. The molecule has 1 aliphatic heterocycles. The van der Waals surface area contributed by atoms with Gasteiger partial charge in [0.1, 0.15) is 6.04 Å². The van der Waals surface area contributed by atoms with Gasteiger partial charge in [0.25, 0.3) is 5.91 Å². The van der Waals surface area contributed by atoms with Crippen molar-refractivity contribution in [3.63, 3.8) is 0 Å². The van der Waals surface area contributed by atoms with Crippen LogP contribution in [-0.4, -0.2) is 34.5 Å². The molecule has 2 rings (SSSR count). The summed E-state index contributed by atoms with van der Waals surface area (Å²) < 4.78 is 0.787. The molecule has 0 aliphatic carbocycles. The first-order valence-corrected chi connectivity index (χ1v) is 6.89. The van der Waals surface area contributed by atoms with Gasteiger partial charge in [0, 0.05) is 16.7 Å². The Morgan fingerprint density at radius 2 is 2.11 bits per heavy atom. The van der Waals surface area contributed by atoms with Crippen LogP contribution in [0.1, 0.15) is 29.6 Å². The van der Waals surface area contributed by atoms with Crippen LogP contribution in [0.25, 0.3) is 0 Å². The van der Waals surface area contributed by atoms with E-state index in [2.05, 4.69) is 15.9 Å². The number of hydrogen-bond acceptors (Lipinski definition) is 3. The Kier molecular flexibility index (Phi) is 4.09. The highest BCUT2D eigenvalue weighted by Crippen LogP contribution is 2.24. The summed E-state index contributed by atoms with van der Waals surface area (Å²) in [6, 6.07) is 4.25. The average Bonchev–Trinajstić information content (AvgIpc) is 2.38. The summed E-state index contributed by atoms with van der Waals surface area (Å²) in [5.41, 5.74) is 6.54. The van der Waals surface area contributed by atoms with Crippen LogP contribution in [0, 0.1) is 0 Å². The number of nitrogens with zero attached hydrogens (tertiary/aromatic N) is 1. The van der Waals surface area contributed by atoms with Gasteiger partial charge in [-0.1, -0.05) is 15.9 Å². The molecular weight excluding hydrogens is 312 g/mol. The molecule has 6 heteroatoms. The summed E-state index contributed by atoms with van der Waals surface area (Å²) in [6.45, 7) is 0.464. The molecule has 0 spiro atoms. The lowest BCUT2D eigenvalue weighted by Gasteiger charge is -2.33. The van der Waals surface area contributed by atoms with Crippen molar-refractivity contribution < 1.29 is 14.7 Å². The van der Waals surface area contributed by atoms with Crippen LogP contribution in [0.5, 0.6) is 0 Å². The van der Waals surface area contributed by atoms with E-state index >= 15 is 0 Å². The van der Waals surface area contributed by atoms with Crippen LogP contribution in [0.4, 0.5) is 5.69 Å². The zero-order chi connectivity index (χ0) is 14.0. The smallest absolute Gasteiger partial charge is 0.326 e. The number of nitrogens with two attached hydrogens (primary N) is 1. The Bertz CT molecular complexity index is 519. The third-order valence-corrected chi connectivity index (χ3v) is 3.79. The summed E-state index contributed by atoms with van der Waals surface area (Å²) in [6.07, 6.45) is 2.15. The summed E-state index contributed by atoms with van der Waals surface area (Å²) in [4.78, 5) is 25.0. The molecule has 0 radical (unpaired) electrons. The van der Waals surface area contributed by atoms with E-state index < -0.39 is 12.0 Å². The predicted molar refractivity (Wildman–Crippen MR) is 74.9 cm³/mol. The molecule has 1 heterocycles. The van der Waals surface area contributed by atoms with E-state index in [0.717, 1.165) is 17.3 Å². The van der Waals surface area contributed by atoms with Crippen LogP contribution in [0.3, 0.4) is 0 Å². The number of halogens is 1. The number of nitrogen functional groups attached to an aromatic ring is 1. The van der Waals surface area contributed by atoms with Crippen LogP contribution in [0.15, 0.2) is 22.7 Å². The number of carbonyl (C=O) groups is 2. The third kappa shape index (κ3) is 2.89. The first-order chi connectivity index (χ1) is 9.00. The monoisotopic (exact) mass is 326 g/mol. The van der Waals surface area contributed by atoms with Crippen LogP contribution >= 0.6 is 15.9 Å². The molecular formula is C13H15BrN2O3. The maximum Gasteiger partial charge on any atom is 0.326 e. The lowest BCUT2D eigenvalue weighted by Crippen LogP contribution is -2.48. The molecule has 3 N–H and O–H groups in total. The molecule has 1 amide bonds. The van der Waals surface area contributed by atoms with Gasteiger partial charge in [-0.25, -0.2) is 4.79 Å². The summed E-state index contributed by atoms with van der Waals surface area (Å²) in [5.74, 6) is -1.26. The molecule has 0 saturated carbocycles. The highest BCUT2D eigenvalue weighted by molar-refractivity contribution is 9.10.